The van der Waals surface area contributed by atoms with Gasteiger partial charge in [0.25, 0.3) is 5.56 Å². The molecule has 0 aliphatic carbocycles. The third kappa shape index (κ3) is 4.61. The smallest absolute Gasteiger partial charge is 0.266 e. The first-order chi connectivity index (χ1) is 14.3. The average molecular weight is 443 g/mol. The number of aromatic amines is 1. The standard InChI is InChI=1S/C22H23ClN4O2S/c1-4-17-12-30-22(26-16-7-5-15(23)6-8-16)27(17)20(28)10-9-18-13(2)19(11-24)21(29)25-14(18)3/h5-8,17H,4,9-10,12H2,1-3H3,(H,25,29). The Kier molecular flexibility index (Phi) is 7.01. The van der Waals surface area contributed by atoms with E-state index in [9.17, 15) is 14.9 Å². The quantitative estimate of drug-likeness (QED) is 0.738. The van der Waals surface area contributed by atoms with Crippen LogP contribution < -0.4 is 5.56 Å². The summed E-state index contributed by atoms with van der Waals surface area (Å²) in [5.41, 5.74) is 2.66. The average Bonchev–Trinajstić information content (AvgIpc) is 3.12. The number of amides is 1. The van der Waals surface area contributed by atoms with Gasteiger partial charge in [0.05, 0.1) is 5.69 Å². The molecular weight excluding hydrogens is 420 g/mol. The van der Waals surface area contributed by atoms with E-state index in [1.807, 2.05) is 18.2 Å². The molecule has 1 aromatic heterocycles. The topological polar surface area (TPSA) is 89.3 Å². The van der Waals surface area contributed by atoms with E-state index in [4.69, 9.17) is 11.6 Å². The highest BCUT2D eigenvalue weighted by molar-refractivity contribution is 8.14. The van der Waals surface area contributed by atoms with Crippen molar-refractivity contribution in [3.8, 4) is 6.07 Å². The van der Waals surface area contributed by atoms with Crippen LogP contribution in [0.5, 0.6) is 0 Å². The maximum absolute atomic E-state index is 13.2. The molecule has 1 unspecified atom stereocenters. The van der Waals surface area contributed by atoms with Crippen LogP contribution in [0.3, 0.4) is 0 Å². The highest BCUT2D eigenvalue weighted by atomic mass is 35.5. The van der Waals surface area contributed by atoms with E-state index in [-0.39, 0.29) is 29.5 Å². The minimum absolute atomic E-state index is 0.0110. The van der Waals surface area contributed by atoms with E-state index < -0.39 is 0 Å². The zero-order chi connectivity index (χ0) is 21.8. The van der Waals surface area contributed by atoms with E-state index in [0.29, 0.717) is 27.9 Å². The molecule has 2 aromatic rings. The number of hydrogen-bond acceptors (Lipinski definition) is 5. The van der Waals surface area contributed by atoms with Gasteiger partial charge < -0.3 is 4.98 Å². The number of aliphatic imine (C=N–C) groups is 1. The maximum Gasteiger partial charge on any atom is 0.266 e. The second kappa shape index (κ2) is 9.50. The van der Waals surface area contributed by atoms with Gasteiger partial charge in [0.15, 0.2) is 5.17 Å². The Labute approximate surface area is 185 Å². The molecule has 1 atom stereocenters. The van der Waals surface area contributed by atoms with Crippen molar-refractivity contribution in [1.82, 2.24) is 9.88 Å². The molecule has 156 valence electrons. The molecule has 1 aromatic carbocycles. The number of halogens is 1. The van der Waals surface area contributed by atoms with E-state index in [0.717, 1.165) is 23.4 Å². The van der Waals surface area contributed by atoms with Crippen molar-refractivity contribution in [3.05, 3.63) is 62.0 Å². The molecule has 0 saturated carbocycles. The second-order valence-electron chi connectivity index (χ2n) is 7.18. The first-order valence-corrected chi connectivity index (χ1v) is 11.1. The summed E-state index contributed by atoms with van der Waals surface area (Å²) in [6.45, 7) is 5.62. The van der Waals surface area contributed by atoms with E-state index in [1.54, 1.807) is 42.6 Å². The lowest BCUT2D eigenvalue weighted by atomic mass is 9.98. The Morgan fingerprint density at radius 2 is 2.07 bits per heavy atom. The number of aryl methyl sites for hydroxylation is 1. The molecule has 6 nitrogen and oxygen atoms in total. The van der Waals surface area contributed by atoms with Gasteiger partial charge in [-0.05, 0) is 62.1 Å². The van der Waals surface area contributed by atoms with Gasteiger partial charge in [-0.3, -0.25) is 14.5 Å². The van der Waals surface area contributed by atoms with Gasteiger partial charge in [0, 0.05) is 28.9 Å². The number of nitriles is 1. The molecule has 3 rings (SSSR count). The number of thioether (sulfide) groups is 1. The van der Waals surface area contributed by atoms with Crippen LogP contribution >= 0.6 is 23.4 Å². The van der Waals surface area contributed by atoms with Gasteiger partial charge in [-0.2, -0.15) is 5.26 Å². The fraction of sp³-hybridized carbons (Fsp3) is 0.364. The molecule has 1 amide bonds. The monoisotopic (exact) mass is 442 g/mol. The van der Waals surface area contributed by atoms with Crippen molar-refractivity contribution in [2.45, 2.75) is 46.1 Å². The van der Waals surface area contributed by atoms with Crippen LogP contribution in [0.25, 0.3) is 0 Å². The van der Waals surface area contributed by atoms with Crippen molar-refractivity contribution in [2.75, 3.05) is 5.75 Å². The molecule has 8 heteroatoms. The molecule has 1 aliphatic heterocycles. The lowest BCUT2D eigenvalue weighted by Gasteiger charge is -2.23. The predicted octanol–water partition coefficient (Wildman–Crippen LogP) is 4.49. The second-order valence-corrected chi connectivity index (χ2v) is 8.60. The lowest BCUT2D eigenvalue weighted by Crippen LogP contribution is -2.39. The van der Waals surface area contributed by atoms with Gasteiger partial charge in [0.2, 0.25) is 5.91 Å². The number of amidine groups is 1. The van der Waals surface area contributed by atoms with Crippen molar-refractivity contribution < 1.29 is 4.79 Å². The van der Waals surface area contributed by atoms with Gasteiger partial charge in [-0.1, -0.05) is 30.3 Å². The van der Waals surface area contributed by atoms with Crippen molar-refractivity contribution in [1.29, 1.82) is 5.26 Å². The molecule has 2 heterocycles. The summed E-state index contributed by atoms with van der Waals surface area (Å²) in [6.07, 6.45) is 1.57. The third-order valence-corrected chi connectivity index (χ3v) is 6.63. The minimum Gasteiger partial charge on any atom is -0.325 e. The Hall–Kier alpha value is -2.56. The van der Waals surface area contributed by atoms with Gasteiger partial charge in [0.1, 0.15) is 11.6 Å². The molecule has 0 spiro atoms. The van der Waals surface area contributed by atoms with E-state index in [1.165, 1.54) is 0 Å². The summed E-state index contributed by atoms with van der Waals surface area (Å²) < 4.78 is 0. The van der Waals surface area contributed by atoms with Crippen molar-refractivity contribution in [3.63, 3.8) is 0 Å². The number of pyridine rings is 1. The highest BCUT2D eigenvalue weighted by Crippen LogP contribution is 2.30. The molecule has 1 aliphatic rings. The number of nitrogens with zero attached hydrogens (tertiary/aromatic N) is 3. The van der Waals surface area contributed by atoms with Crippen molar-refractivity contribution >= 4 is 40.1 Å². The number of benzene rings is 1. The number of aromatic nitrogens is 1. The minimum atomic E-state index is -0.387. The number of rotatable bonds is 5. The summed E-state index contributed by atoms with van der Waals surface area (Å²) in [4.78, 5) is 34.3. The fourth-order valence-electron chi connectivity index (χ4n) is 3.57. The first-order valence-electron chi connectivity index (χ1n) is 9.77. The van der Waals surface area contributed by atoms with Gasteiger partial charge in [-0.15, -0.1) is 0 Å². The maximum atomic E-state index is 13.2. The Balaban J connectivity index is 1.83. The van der Waals surface area contributed by atoms with Crippen LogP contribution in [0, 0.1) is 25.2 Å². The number of H-pyrrole nitrogens is 1. The van der Waals surface area contributed by atoms with Gasteiger partial charge in [-0.25, -0.2) is 4.99 Å². The van der Waals surface area contributed by atoms with Crippen LogP contribution in [-0.4, -0.2) is 32.8 Å². The van der Waals surface area contributed by atoms with Crippen LogP contribution in [0.15, 0.2) is 34.1 Å². The van der Waals surface area contributed by atoms with Crippen LogP contribution in [0.4, 0.5) is 5.69 Å². The van der Waals surface area contributed by atoms with Crippen LogP contribution in [0.2, 0.25) is 5.02 Å². The Morgan fingerprint density at radius 1 is 1.37 bits per heavy atom. The van der Waals surface area contributed by atoms with E-state index in [2.05, 4.69) is 16.9 Å². The summed E-state index contributed by atoms with van der Waals surface area (Å²) >= 11 is 7.53. The summed E-state index contributed by atoms with van der Waals surface area (Å²) in [5.74, 6) is 0.798. The molecule has 1 fully saturated rings. The largest absolute Gasteiger partial charge is 0.325 e. The predicted molar refractivity (Wildman–Crippen MR) is 122 cm³/mol. The fourth-order valence-corrected chi connectivity index (χ4v) is 4.98. The highest BCUT2D eigenvalue weighted by Gasteiger charge is 2.33. The van der Waals surface area contributed by atoms with Crippen LogP contribution in [0.1, 0.15) is 42.1 Å². The SMILES string of the molecule is CCC1CSC(=Nc2ccc(Cl)cc2)N1C(=O)CCc1c(C)[nH]c(=O)c(C#N)c1C. The number of carbonyl (C=O) groups excluding carboxylic acids is 1. The Bertz CT molecular complexity index is 1090. The van der Waals surface area contributed by atoms with Crippen LogP contribution in [-0.2, 0) is 11.2 Å². The number of carbonyl (C=O) groups is 1. The summed E-state index contributed by atoms with van der Waals surface area (Å²) in [6, 6.07) is 9.26. The number of hydrogen-bond donors (Lipinski definition) is 1. The number of nitrogens with one attached hydrogen (secondary N) is 1. The summed E-state index contributed by atoms with van der Waals surface area (Å²) in [7, 11) is 0. The van der Waals surface area contributed by atoms with E-state index >= 15 is 0 Å². The zero-order valence-electron chi connectivity index (χ0n) is 17.2. The third-order valence-electron chi connectivity index (χ3n) is 5.28. The molecule has 1 N–H and O–H groups in total. The molecule has 0 radical (unpaired) electrons. The van der Waals surface area contributed by atoms with Gasteiger partial charge >= 0.3 is 0 Å². The molecular formula is C22H23ClN4O2S. The first kappa shape index (κ1) is 22.1. The summed E-state index contributed by atoms with van der Waals surface area (Å²) in [5, 5.41) is 10.6. The normalized spacial score (nSPS) is 17.4. The lowest BCUT2D eigenvalue weighted by molar-refractivity contribution is -0.128. The molecule has 0 bridgehead atoms. The van der Waals surface area contributed by atoms with Crippen molar-refractivity contribution in [2.24, 2.45) is 4.99 Å². The molecule has 1 saturated heterocycles. The molecule has 30 heavy (non-hydrogen) atoms. The zero-order valence-corrected chi connectivity index (χ0v) is 18.7. The Morgan fingerprint density at radius 3 is 2.70 bits per heavy atom.